The highest BCUT2D eigenvalue weighted by atomic mass is 15.3. The largest absolute Gasteiger partial charge is 0.341 e. The lowest BCUT2D eigenvalue weighted by Gasteiger charge is -2.27. The maximum Gasteiger partial charge on any atom is 0.238 e. The van der Waals surface area contributed by atoms with Gasteiger partial charge < -0.3 is 9.80 Å². The molecule has 0 aliphatic carbocycles. The molecule has 0 amide bonds. The molecule has 3 rings (SSSR count). The topological polar surface area (TPSA) is 68.9 Å². The molecule has 6 heteroatoms. The lowest BCUT2D eigenvalue weighted by Crippen LogP contribution is -2.32. The summed E-state index contributed by atoms with van der Waals surface area (Å²) in [7, 11) is 0. The maximum atomic E-state index is 9.09. The van der Waals surface area contributed by atoms with E-state index in [2.05, 4.69) is 30.8 Å². The molecule has 19 heavy (non-hydrogen) atoms. The van der Waals surface area contributed by atoms with E-state index in [1.807, 2.05) is 0 Å². The fourth-order valence-electron chi connectivity index (χ4n) is 2.70. The van der Waals surface area contributed by atoms with Crippen LogP contribution in [0, 0.1) is 11.3 Å². The molecule has 1 aromatic heterocycles. The van der Waals surface area contributed by atoms with Crippen LogP contribution in [0.15, 0.2) is 0 Å². The summed E-state index contributed by atoms with van der Waals surface area (Å²) >= 11 is 0. The highest BCUT2D eigenvalue weighted by Gasteiger charge is 2.20. The summed E-state index contributed by atoms with van der Waals surface area (Å²) in [5.41, 5.74) is 0. The van der Waals surface area contributed by atoms with Crippen molar-refractivity contribution >= 4 is 11.9 Å². The Morgan fingerprint density at radius 2 is 1.21 bits per heavy atom. The minimum absolute atomic E-state index is 0.234. The van der Waals surface area contributed by atoms with Crippen LogP contribution in [0.25, 0.3) is 0 Å². The summed E-state index contributed by atoms with van der Waals surface area (Å²) < 4.78 is 0. The van der Waals surface area contributed by atoms with E-state index in [0.29, 0.717) is 11.9 Å². The molecule has 0 unspecified atom stereocenters. The average Bonchev–Trinajstić information content (AvgIpc) is 3.02. The second kappa shape index (κ2) is 5.39. The van der Waals surface area contributed by atoms with Gasteiger partial charge in [-0.25, -0.2) is 0 Å². The molecule has 0 saturated carbocycles. The normalized spacial score (nSPS) is 19.5. The van der Waals surface area contributed by atoms with E-state index >= 15 is 0 Å². The van der Waals surface area contributed by atoms with Crippen molar-refractivity contribution in [2.75, 3.05) is 36.0 Å². The first-order chi connectivity index (χ1) is 9.36. The second-order valence-corrected chi connectivity index (χ2v) is 5.11. The van der Waals surface area contributed by atoms with Gasteiger partial charge in [-0.1, -0.05) is 0 Å². The first kappa shape index (κ1) is 12.2. The fraction of sp³-hybridized carbons (Fsp3) is 0.692. The summed E-state index contributed by atoms with van der Waals surface area (Å²) in [6, 6.07) is 2.05. The lowest BCUT2D eigenvalue weighted by atomic mass is 10.1. The Morgan fingerprint density at radius 1 is 0.737 bits per heavy atom. The molecule has 1 aromatic rings. The van der Waals surface area contributed by atoms with Crippen molar-refractivity contribution < 1.29 is 0 Å². The maximum absolute atomic E-state index is 9.09. The summed E-state index contributed by atoms with van der Waals surface area (Å²) in [6.45, 7) is 3.92. The minimum atomic E-state index is 0.234. The number of hydrogen-bond donors (Lipinski definition) is 0. The van der Waals surface area contributed by atoms with Gasteiger partial charge in [0.25, 0.3) is 0 Å². The third-order valence-corrected chi connectivity index (χ3v) is 3.74. The van der Waals surface area contributed by atoms with Gasteiger partial charge in [-0.2, -0.15) is 20.2 Å². The van der Waals surface area contributed by atoms with Crippen LogP contribution in [0.5, 0.6) is 0 Å². The van der Waals surface area contributed by atoms with Gasteiger partial charge >= 0.3 is 0 Å². The molecule has 100 valence electrons. The van der Waals surface area contributed by atoms with Crippen LogP contribution in [0.1, 0.15) is 37.9 Å². The molecule has 3 heterocycles. The summed E-state index contributed by atoms with van der Waals surface area (Å²) in [4.78, 5) is 17.4. The van der Waals surface area contributed by atoms with Crippen molar-refractivity contribution in [1.29, 1.82) is 5.26 Å². The number of anilines is 2. The van der Waals surface area contributed by atoms with E-state index < -0.39 is 0 Å². The number of aromatic nitrogens is 3. The Labute approximate surface area is 113 Å². The number of piperidine rings is 1. The van der Waals surface area contributed by atoms with Gasteiger partial charge in [0.1, 0.15) is 6.07 Å². The fourth-order valence-corrected chi connectivity index (χ4v) is 2.70. The van der Waals surface area contributed by atoms with E-state index in [-0.39, 0.29) is 5.82 Å². The molecule has 2 saturated heterocycles. The number of rotatable bonds is 2. The van der Waals surface area contributed by atoms with Crippen LogP contribution in [0.3, 0.4) is 0 Å². The van der Waals surface area contributed by atoms with Crippen LogP contribution >= 0.6 is 0 Å². The van der Waals surface area contributed by atoms with E-state index in [1.165, 1.54) is 32.1 Å². The zero-order valence-electron chi connectivity index (χ0n) is 11.0. The highest BCUT2D eigenvalue weighted by molar-refractivity contribution is 5.41. The summed E-state index contributed by atoms with van der Waals surface area (Å²) in [5, 5.41) is 9.09. The first-order valence-electron chi connectivity index (χ1n) is 7.03. The van der Waals surface area contributed by atoms with Crippen LogP contribution in [0.2, 0.25) is 0 Å². The molecule has 2 fully saturated rings. The Morgan fingerprint density at radius 3 is 1.68 bits per heavy atom. The predicted octanol–water partition coefficient (Wildman–Crippen LogP) is 1.33. The Bertz CT molecular complexity index is 482. The minimum Gasteiger partial charge on any atom is -0.341 e. The Kier molecular flexibility index (Phi) is 3.45. The van der Waals surface area contributed by atoms with Crippen molar-refractivity contribution in [2.45, 2.75) is 32.1 Å². The van der Waals surface area contributed by atoms with Gasteiger partial charge in [0.2, 0.25) is 17.7 Å². The van der Waals surface area contributed by atoms with Crippen LogP contribution in [-0.2, 0) is 0 Å². The van der Waals surface area contributed by atoms with Crippen molar-refractivity contribution in [2.24, 2.45) is 0 Å². The first-order valence-corrected chi connectivity index (χ1v) is 7.03. The van der Waals surface area contributed by atoms with Crippen LogP contribution < -0.4 is 9.80 Å². The molecule has 0 spiro atoms. The van der Waals surface area contributed by atoms with Gasteiger partial charge in [0, 0.05) is 26.2 Å². The van der Waals surface area contributed by atoms with Gasteiger partial charge in [-0.05, 0) is 32.1 Å². The van der Waals surface area contributed by atoms with E-state index in [9.17, 15) is 0 Å². The third kappa shape index (κ3) is 2.60. The van der Waals surface area contributed by atoms with Gasteiger partial charge in [0.15, 0.2) is 0 Å². The Balaban J connectivity index is 1.90. The third-order valence-electron chi connectivity index (χ3n) is 3.74. The van der Waals surface area contributed by atoms with Gasteiger partial charge in [-0.3, -0.25) is 0 Å². The van der Waals surface area contributed by atoms with Crippen LogP contribution in [-0.4, -0.2) is 41.1 Å². The molecule has 0 aromatic carbocycles. The highest BCUT2D eigenvalue weighted by Crippen LogP contribution is 2.20. The molecule has 2 aliphatic rings. The molecule has 6 nitrogen and oxygen atoms in total. The zero-order chi connectivity index (χ0) is 13.1. The SMILES string of the molecule is N#Cc1nc(N2CCCCC2)nc(N2CCCC2)n1. The number of nitriles is 1. The standard InChI is InChI=1S/C13H18N6/c14-10-11-15-12(18-6-2-1-3-7-18)17-13(16-11)19-8-4-5-9-19/h1-9H2. The van der Waals surface area contributed by atoms with E-state index in [1.54, 1.807) is 0 Å². The number of nitrogens with zero attached hydrogens (tertiary/aromatic N) is 6. The summed E-state index contributed by atoms with van der Waals surface area (Å²) in [6.07, 6.45) is 5.96. The van der Waals surface area contributed by atoms with Gasteiger partial charge in [-0.15, -0.1) is 0 Å². The second-order valence-electron chi connectivity index (χ2n) is 5.11. The lowest BCUT2D eigenvalue weighted by molar-refractivity contribution is 0.566. The number of hydrogen-bond acceptors (Lipinski definition) is 6. The molecule has 0 N–H and O–H groups in total. The quantitative estimate of drug-likeness (QED) is 0.797. The van der Waals surface area contributed by atoms with Crippen molar-refractivity contribution in [3.63, 3.8) is 0 Å². The molecular weight excluding hydrogens is 240 g/mol. The van der Waals surface area contributed by atoms with E-state index in [4.69, 9.17) is 5.26 Å². The predicted molar refractivity (Wildman–Crippen MR) is 72.1 cm³/mol. The molecule has 2 aliphatic heterocycles. The summed E-state index contributed by atoms with van der Waals surface area (Å²) in [5.74, 6) is 1.58. The zero-order valence-corrected chi connectivity index (χ0v) is 11.0. The van der Waals surface area contributed by atoms with Crippen molar-refractivity contribution in [3.8, 4) is 6.07 Å². The van der Waals surface area contributed by atoms with Crippen molar-refractivity contribution in [1.82, 2.24) is 15.0 Å². The molecule has 0 atom stereocenters. The van der Waals surface area contributed by atoms with Crippen molar-refractivity contribution in [3.05, 3.63) is 5.82 Å². The van der Waals surface area contributed by atoms with E-state index in [0.717, 1.165) is 26.2 Å². The van der Waals surface area contributed by atoms with Gasteiger partial charge in [0.05, 0.1) is 0 Å². The molecule has 0 bridgehead atoms. The average molecular weight is 258 g/mol. The molecule has 0 radical (unpaired) electrons. The molecular formula is C13H18N6. The smallest absolute Gasteiger partial charge is 0.238 e. The Hall–Kier alpha value is -1.90. The monoisotopic (exact) mass is 258 g/mol. The van der Waals surface area contributed by atoms with Crippen LogP contribution in [0.4, 0.5) is 11.9 Å².